The summed E-state index contributed by atoms with van der Waals surface area (Å²) in [7, 11) is 0. The number of amides is 1. The molecule has 1 aliphatic heterocycles. The molecule has 0 aromatic heterocycles. The SMILES string of the molecule is Cc1ccc(NC(=O)[C@@H](C)[NH+]2CCCCC2)c(C(=O)c2ccccc2)c1. The zero-order chi connectivity index (χ0) is 18.5. The van der Waals surface area contributed by atoms with Crippen LogP contribution >= 0.6 is 0 Å². The number of hydrogen-bond donors (Lipinski definition) is 2. The van der Waals surface area contributed by atoms with Crippen molar-refractivity contribution < 1.29 is 14.5 Å². The summed E-state index contributed by atoms with van der Waals surface area (Å²) in [5.41, 5.74) is 2.77. The van der Waals surface area contributed by atoms with Crippen LogP contribution in [0, 0.1) is 6.92 Å². The van der Waals surface area contributed by atoms with E-state index < -0.39 is 0 Å². The molecule has 0 aliphatic carbocycles. The van der Waals surface area contributed by atoms with Crippen LogP contribution in [0.25, 0.3) is 0 Å². The van der Waals surface area contributed by atoms with Crippen LogP contribution in [0.2, 0.25) is 0 Å². The highest BCUT2D eigenvalue weighted by atomic mass is 16.2. The first kappa shape index (κ1) is 18.3. The second kappa shape index (κ2) is 8.28. The van der Waals surface area contributed by atoms with Crippen molar-refractivity contribution >= 4 is 17.4 Å². The van der Waals surface area contributed by atoms with Gasteiger partial charge in [-0.1, -0.05) is 42.0 Å². The third kappa shape index (κ3) is 4.20. The van der Waals surface area contributed by atoms with Crippen LogP contribution in [0.4, 0.5) is 5.69 Å². The number of carbonyl (C=O) groups excluding carboxylic acids is 2. The van der Waals surface area contributed by atoms with Crippen molar-refractivity contribution in [3.63, 3.8) is 0 Å². The van der Waals surface area contributed by atoms with Gasteiger partial charge < -0.3 is 10.2 Å². The normalized spacial score (nSPS) is 16.1. The summed E-state index contributed by atoms with van der Waals surface area (Å²) in [6, 6.07) is 14.7. The van der Waals surface area contributed by atoms with Crippen LogP contribution in [0.1, 0.15) is 47.7 Å². The first-order chi connectivity index (χ1) is 12.6. The van der Waals surface area contributed by atoms with Gasteiger partial charge in [-0.3, -0.25) is 9.59 Å². The molecule has 1 aliphatic rings. The Kier molecular flexibility index (Phi) is 5.84. The Labute approximate surface area is 155 Å². The molecule has 1 atom stereocenters. The average molecular weight is 351 g/mol. The molecule has 0 unspecified atom stereocenters. The summed E-state index contributed by atoms with van der Waals surface area (Å²) >= 11 is 0. The Morgan fingerprint density at radius 1 is 1.00 bits per heavy atom. The highest BCUT2D eigenvalue weighted by Gasteiger charge is 2.27. The predicted octanol–water partition coefficient (Wildman–Crippen LogP) is 2.62. The number of piperidine rings is 1. The highest BCUT2D eigenvalue weighted by Crippen LogP contribution is 2.21. The van der Waals surface area contributed by atoms with Gasteiger partial charge in [-0.15, -0.1) is 0 Å². The predicted molar refractivity (Wildman–Crippen MR) is 104 cm³/mol. The molecule has 0 bridgehead atoms. The maximum absolute atomic E-state index is 12.9. The number of hydrogen-bond acceptors (Lipinski definition) is 2. The highest BCUT2D eigenvalue weighted by molar-refractivity contribution is 6.14. The average Bonchev–Trinajstić information content (AvgIpc) is 2.69. The molecule has 3 rings (SSSR count). The van der Waals surface area contributed by atoms with Crippen molar-refractivity contribution in [1.29, 1.82) is 0 Å². The van der Waals surface area contributed by atoms with Gasteiger partial charge in [0, 0.05) is 11.1 Å². The van der Waals surface area contributed by atoms with Crippen molar-refractivity contribution in [2.75, 3.05) is 18.4 Å². The van der Waals surface area contributed by atoms with E-state index in [0.717, 1.165) is 18.7 Å². The summed E-state index contributed by atoms with van der Waals surface area (Å²) in [5, 5.41) is 3.00. The van der Waals surface area contributed by atoms with Gasteiger partial charge in [-0.25, -0.2) is 0 Å². The van der Waals surface area contributed by atoms with E-state index in [1.807, 2.05) is 50.2 Å². The fourth-order valence-corrected chi connectivity index (χ4v) is 3.57. The van der Waals surface area contributed by atoms with Crippen LogP contribution in [-0.4, -0.2) is 30.8 Å². The van der Waals surface area contributed by atoms with Crippen LogP contribution in [0.3, 0.4) is 0 Å². The smallest absolute Gasteiger partial charge is 0.282 e. The minimum Gasteiger partial charge on any atom is -0.325 e. The zero-order valence-electron chi connectivity index (χ0n) is 15.5. The number of quaternary nitrogens is 1. The van der Waals surface area contributed by atoms with Crippen molar-refractivity contribution in [1.82, 2.24) is 0 Å². The van der Waals surface area contributed by atoms with E-state index in [4.69, 9.17) is 0 Å². The number of benzene rings is 2. The molecular formula is C22H27N2O2+. The number of anilines is 1. The summed E-state index contributed by atoms with van der Waals surface area (Å²) in [6.07, 6.45) is 3.61. The van der Waals surface area contributed by atoms with Gasteiger partial charge in [0.15, 0.2) is 11.8 Å². The maximum Gasteiger partial charge on any atom is 0.282 e. The van der Waals surface area contributed by atoms with Gasteiger partial charge >= 0.3 is 0 Å². The lowest BCUT2D eigenvalue weighted by Crippen LogP contribution is -3.17. The molecule has 0 spiro atoms. The van der Waals surface area contributed by atoms with Crippen LogP contribution < -0.4 is 10.2 Å². The quantitative estimate of drug-likeness (QED) is 0.814. The number of aryl methyl sites for hydroxylation is 1. The fraction of sp³-hybridized carbons (Fsp3) is 0.364. The van der Waals surface area contributed by atoms with Crippen LogP contribution in [0.15, 0.2) is 48.5 Å². The number of rotatable bonds is 5. The molecule has 2 aromatic carbocycles. The van der Waals surface area contributed by atoms with E-state index in [0.29, 0.717) is 16.8 Å². The van der Waals surface area contributed by atoms with E-state index in [1.165, 1.54) is 24.2 Å². The second-order valence-corrected chi connectivity index (χ2v) is 7.17. The molecule has 1 saturated heterocycles. The lowest BCUT2D eigenvalue weighted by molar-refractivity contribution is -0.918. The third-order valence-corrected chi connectivity index (χ3v) is 5.21. The molecule has 2 aromatic rings. The zero-order valence-corrected chi connectivity index (χ0v) is 15.5. The first-order valence-electron chi connectivity index (χ1n) is 9.42. The Morgan fingerprint density at radius 3 is 2.38 bits per heavy atom. The molecule has 4 heteroatoms. The van der Waals surface area contributed by atoms with Crippen molar-refractivity contribution in [2.24, 2.45) is 0 Å². The molecule has 2 N–H and O–H groups in total. The summed E-state index contributed by atoms with van der Waals surface area (Å²) in [4.78, 5) is 27.0. The fourth-order valence-electron chi connectivity index (χ4n) is 3.57. The molecule has 0 radical (unpaired) electrons. The van der Waals surface area contributed by atoms with E-state index >= 15 is 0 Å². The Balaban J connectivity index is 1.81. The molecule has 1 amide bonds. The minimum absolute atomic E-state index is 0.0205. The van der Waals surface area contributed by atoms with Gasteiger partial charge in [0.05, 0.1) is 18.8 Å². The van der Waals surface area contributed by atoms with E-state index in [2.05, 4.69) is 5.32 Å². The van der Waals surface area contributed by atoms with Gasteiger partial charge in [0.1, 0.15) is 0 Å². The number of likely N-dealkylation sites (tertiary alicyclic amines) is 1. The van der Waals surface area contributed by atoms with Gasteiger partial charge in [0.25, 0.3) is 5.91 Å². The van der Waals surface area contributed by atoms with Crippen molar-refractivity contribution in [2.45, 2.75) is 39.2 Å². The topological polar surface area (TPSA) is 50.6 Å². The van der Waals surface area contributed by atoms with Crippen LogP contribution in [0.5, 0.6) is 0 Å². The Hall–Kier alpha value is -2.46. The molecule has 136 valence electrons. The first-order valence-corrected chi connectivity index (χ1v) is 9.42. The van der Waals surface area contributed by atoms with Crippen molar-refractivity contribution in [3.05, 3.63) is 65.2 Å². The van der Waals surface area contributed by atoms with E-state index in [-0.39, 0.29) is 17.7 Å². The maximum atomic E-state index is 12.9. The number of ketones is 1. The molecular weight excluding hydrogens is 324 g/mol. The Morgan fingerprint density at radius 2 is 1.69 bits per heavy atom. The summed E-state index contributed by atoms with van der Waals surface area (Å²) < 4.78 is 0. The van der Waals surface area contributed by atoms with E-state index in [9.17, 15) is 9.59 Å². The largest absolute Gasteiger partial charge is 0.325 e. The number of nitrogens with one attached hydrogen (secondary N) is 2. The molecule has 0 saturated carbocycles. The summed E-state index contributed by atoms with van der Waals surface area (Å²) in [6.45, 7) is 6.01. The lowest BCUT2D eigenvalue weighted by Gasteiger charge is -2.28. The minimum atomic E-state index is -0.115. The molecule has 4 nitrogen and oxygen atoms in total. The molecule has 26 heavy (non-hydrogen) atoms. The lowest BCUT2D eigenvalue weighted by atomic mass is 9.99. The monoisotopic (exact) mass is 351 g/mol. The van der Waals surface area contributed by atoms with Crippen LogP contribution in [-0.2, 0) is 4.79 Å². The number of carbonyl (C=O) groups is 2. The second-order valence-electron chi connectivity index (χ2n) is 7.17. The third-order valence-electron chi connectivity index (χ3n) is 5.21. The molecule has 1 heterocycles. The van der Waals surface area contributed by atoms with E-state index in [1.54, 1.807) is 12.1 Å². The molecule has 1 fully saturated rings. The van der Waals surface area contributed by atoms with Gasteiger partial charge in [-0.2, -0.15) is 0 Å². The van der Waals surface area contributed by atoms with Crippen molar-refractivity contribution in [3.8, 4) is 0 Å². The van der Waals surface area contributed by atoms with Gasteiger partial charge in [-0.05, 0) is 45.2 Å². The standard InChI is InChI=1S/C22H26N2O2/c1-16-11-12-20(19(15-16)21(25)18-9-5-3-6-10-18)23-22(26)17(2)24-13-7-4-8-14-24/h3,5-6,9-12,15,17H,4,7-8,13-14H2,1-2H3,(H,23,26)/p+1/t17-/m1/s1. The Bertz CT molecular complexity index is 780. The summed E-state index contributed by atoms with van der Waals surface area (Å²) in [5.74, 6) is -0.0876. The van der Waals surface area contributed by atoms with Gasteiger partial charge in [0.2, 0.25) is 0 Å².